The Morgan fingerprint density at radius 2 is 1.83 bits per heavy atom. The van der Waals surface area contributed by atoms with Crippen LogP contribution in [0.3, 0.4) is 0 Å². The summed E-state index contributed by atoms with van der Waals surface area (Å²) in [5, 5.41) is 2.95. The Hall–Kier alpha value is -2.62. The molecule has 0 radical (unpaired) electrons. The van der Waals surface area contributed by atoms with Crippen molar-refractivity contribution in [2.45, 2.75) is 33.6 Å². The van der Waals surface area contributed by atoms with Gasteiger partial charge < -0.3 is 10.2 Å². The van der Waals surface area contributed by atoms with Crippen molar-refractivity contribution in [3.63, 3.8) is 0 Å². The molecule has 0 aliphatic carbocycles. The monoisotopic (exact) mass is 322 g/mol. The second kappa shape index (κ2) is 6.48. The Bertz CT molecular complexity index is 811. The van der Waals surface area contributed by atoms with Crippen LogP contribution in [0, 0.1) is 20.8 Å². The topological polar surface area (TPSA) is 49.4 Å². The van der Waals surface area contributed by atoms with E-state index in [-0.39, 0.29) is 11.8 Å². The van der Waals surface area contributed by atoms with E-state index >= 15 is 0 Å². The molecule has 1 N–H and O–H groups in total. The van der Waals surface area contributed by atoms with Crippen molar-refractivity contribution >= 4 is 23.2 Å². The summed E-state index contributed by atoms with van der Waals surface area (Å²) in [7, 11) is 0. The van der Waals surface area contributed by atoms with E-state index in [1.165, 1.54) is 0 Å². The van der Waals surface area contributed by atoms with Gasteiger partial charge in [0.25, 0.3) is 5.91 Å². The molecule has 1 saturated heterocycles. The summed E-state index contributed by atoms with van der Waals surface area (Å²) < 4.78 is 0. The van der Waals surface area contributed by atoms with Crippen LogP contribution in [0.1, 0.15) is 39.9 Å². The number of nitrogens with zero attached hydrogens (tertiary/aromatic N) is 1. The van der Waals surface area contributed by atoms with Gasteiger partial charge in [0.1, 0.15) is 0 Å². The molecule has 4 nitrogen and oxygen atoms in total. The van der Waals surface area contributed by atoms with Gasteiger partial charge in [-0.3, -0.25) is 9.59 Å². The van der Waals surface area contributed by atoms with Gasteiger partial charge in [-0.05, 0) is 62.6 Å². The Labute approximate surface area is 142 Å². The number of nitrogens with one attached hydrogen (secondary N) is 1. The smallest absolute Gasteiger partial charge is 0.255 e. The van der Waals surface area contributed by atoms with E-state index in [0.29, 0.717) is 12.0 Å². The summed E-state index contributed by atoms with van der Waals surface area (Å²) >= 11 is 0. The van der Waals surface area contributed by atoms with Crippen molar-refractivity contribution in [1.29, 1.82) is 0 Å². The van der Waals surface area contributed by atoms with E-state index < -0.39 is 0 Å². The molecular formula is C20H22N2O2. The molecule has 0 spiro atoms. The third kappa shape index (κ3) is 3.18. The Kier molecular flexibility index (Phi) is 4.38. The summed E-state index contributed by atoms with van der Waals surface area (Å²) in [6.45, 7) is 6.65. The third-order valence-corrected chi connectivity index (χ3v) is 4.46. The highest BCUT2D eigenvalue weighted by Gasteiger charge is 2.23. The molecule has 3 rings (SSSR count). The van der Waals surface area contributed by atoms with Gasteiger partial charge in [0.05, 0.1) is 0 Å². The normalized spacial score (nSPS) is 14.1. The lowest BCUT2D eigenvalue weighted by atomic mass is 10.0. The minimum Gasteiger partial charge on any atom is -0.322 e. The second-order valence-electron chi connectivity index (χ2n) is 6.42. The average molecular weight is 322 g/mol. The summed E-state index contributed by atoms with van der Waals surface area (Å²) in [6, 6.07) is 11.5. The molecule has 1 aliphatic heterocycles. The van der Waals surface area contributed by atoms with Crippen LogP contribution in [0.2, 0.25) is 0 Å². The van der Waals surface area contributed by atoms with Crippen LogP contribution in [-0.4, -0.2) is 18.4 Å². The molecule has 24 heavy (non-hydrogen) atoms. The van der Waals surface area contributed by atoms with Crippen molar-refractivity contribution in [2.24, 2.45) is 0 Å². The summed E-state index contributed by atoms with van der Waals surface area (Å²) in [5.74, 6) is 0.0610. The molecule has 4 heteroatoms. The number of rotatable bonds is 3. The zero-order valence-electron chi connectivity index (χ0n) is 14.3. The van der Waals surface area contributed by atoms with Crippen molar-refractivity contribution in [1.82, 2.24) is 0 Å². The Balaban J connectivity index is 1.81. The molecule has 0 aromatic heterocycles. The fourth-order valence-electron chi connectivity index (χ4n) is 3.12. The molecule has 1 heterocycles. The molecule has 0 atom stereocenters. The van der Waals surface area contributed by atoms with Crippen molar-refractivity contribution in [3.05, 3.63) is 58.7 Å². The maximum absolute atomic E-state index is 12.5. The number of amides is 2. The van der Waals surface area contributed by atoms with E-state index in [4.69, 9.17) is 0 Å². The highest BCUT2D eigenvalue weighted by Crippen LogP contribution is 2.27. The van der Waals surface area contributed by atoms with Crippen LogP contribution >= 0.6 is 0 Å². The minimum absolute atomic E-state index is 0.111. The van der Waals surface area contributed by atoms with Gasteiger partial charge in [-0.25, -0.2) is 0 Å². The number of carbonyl (C=O) groups excluding carboxylic acids is 2. The van der Waals surface area contributed by atoms with Gasteiger partial charge in [0, 0.05) is 29.9 Å². The zero-order valence-corrected chi connectivity index (χ0v) is 14.3. The summed E-state index contributed by atoms with van der Waals surface area (Å²) in [5.41, 5.74) is 5.37. The first-order valence-electron chi connectivity index (χ1n) is 8.25. The first-order chi connectivity index (χ1) is 11.5. The van der Waals surface area contributed by atoms with Gasteiger partial charge in [-0.1, -0.05) is 17.7 Å². The maximum atomic E-state index is 12.5. The van der Waals surface area contributed by atoms with Gasteiger partial charge in [-0.2, -0.15) is 0 Å². The number of benzene rings is 2. The number of hydrogen-bond acceptors (Lipinski definition) is 2. The van der Waals surface area contributed by atoms with Crippen LogP contribution in [-0.2, 0) is 4.79 Å². The van der Waals surface area contributed by atoms with Crippen molar-refractivity contribution in [2.75, 3.05) is 16.8 Å². The largest absolute Gasteiger partial charge is 0.322 e. The highest BCUT2D eigenvalue weighted by molar-refractivity contribution is 6.05. The molecule has 2 amide bonds. The molecule has 2 aromatic carbocycles. The van der Waals surface area contributed by atoms with E-state index in [1.807, 2.05) is 62.1 Å². The lowest BCUT2D eigenvalue weighted by molar-refractivity contribution is -0.117. The minimum atomic E-state index is -0.111. The molecule has 124 valence electrons. The summed E-state index contributed by atoms with van der Waals surface area (Å²) in [4.78, 5) is 26.2. The van der Waals surface area contributed by atoms with Crippen LogP contribution in [0.25, 0.3) is 0 Å². The van der Waals surface area contributed by atoms with Crippen molar-refractivity contribution in [3.8, 4) is 0 Å². The van der Waals surface area contributed by atoms with Crippen molar-refractivity contribution < 1.29 is 9.59 Å². The lowest BCUT2D eigenvalue weighted by Crippen LogP contribution is -2.24. The van der Waals surface area contributed by atoms with Gasteiger partial charge in [-0.15, -0.1) is 0 Å². The Morgan fingerprint density at radius 1 is 1.04 bits per heavy atom. The molecule has 2 aromatic rings. The number of anilines is 2. The lowest BCUT2D eigenvalue weighted by Gasteiger charge is -2.19. The number of hydrogen-bond donors (Lipinski definition) is 1. The predicted molar refractivity (Wildman–Crippen MR) is 96.6 cm³/mol. The SMILES string of the molecule is Cc1ccc(C)c(C(=O)Nc2ccc(N3CCCC3=O)c(C)c2)c1. The first kappa shape index (κ1) is 16.2. The fraction of sp³-hybridized carbons (Fsp3) is 0.300. The van der Waals surface area contributed by atoms with E-state index in [1.54, 1.807) is 0 Å². The zero-order chi connectivity index (χ0) is 17.3. The standard InChI is InChI=1S/C20H22N2O2/c1-13-6-7-14(2)17(11-13)20(24)21-16-8-9-18(15(3)12-16)22-10-4-5-19(22)23/h6-9,11-12H,4-5,10H2,1-3H3,(H,21,24). The highest BCUT2D eigenvalue weighted by atomic mass is 16.2. The second-order valence-corrected chi connectivity index (χ2v) is 6.42. The molecule has 0 bridgehead atoms. The molecule has 0 unspecified atom stereocenters. The molecular weight excluding hydrogens is 300 g/mol. The Morgan fingerprint density at radius 3 is 2.50 bits per heavy atom. The molecule has 1 aliphatic rings. The third-order valence-electron chi connectivity index (χ3n) is 4.46. The first-order valence-corrected chi connectivity index (χ1v) is 8.25. The number of carbonyl (C=O) groups is 2. The average Bonchev–Trinajstić information content (AvgIpc) is 2.96. The van der Waals surface area contributed by atoms with Gasteiger partial charge in [0.2, 0.25) is 5.91 Å². The maximum Gasteiger partial charge on any atom is 0.255 e. The van der Waals surface area contributed by atoms with E-state index in [2.05, 4.69) is 5.32 Å². The predicted octanol–water partition coefficient (Wildman–Crippen LogP) is 3.99. The molecule has 0 saturated carbocycles. The van der Waals surface area contributed by atoms with Crippen LogP contribution in [0.5, 0.6) is 0 Å². The van der Waals surface area contributed by atoms with E-state index in [9.17, 15) is 9.59 Å². The summed E-state index contributed by atoms with van der Waals surface area (Å²) in [6.07, 6.45) is 1.52. The fourth-order valence-corrected chi connectivity index (χ4v) is 3.12. The van der Waals surface area contributed by atoms with E-state index in [0.717, 1.165) is 41.0 Å². The van der Waals surface area contributed by atoms with Crippen LogP contribution < -0.4 is 10.2 Å². The quantitative estimate of drug-likeness (QED) is 0.929. The molecule has 1 fully saturated rings. The van der Waals surface area contributed by atoms with Gasteiger partial charge in [0.15, 0.2) is 0 Å². The van der Waals surface area contributed by atoms with Crippen LogP contribution in [0.4, 0.5) is 11.4 Å². The van der Waals surface area contributed by atoms with Crippen LogP contribution in [0.15, 0.2) is 36.4 Å². The van der Waals surface area contributed by atoms with Gasteiger partial charge >= 0.3 is 0 Å². The number of aryl methyl sites for hydroxylation is 3.